The predicted octanol–water partition coefficient (Wildman–Crippen LogP) is 7.71. The molecule has 0 bridgehead atoms. The van der Waals surface area contributed by atoms with Crippen molar-refractivity contribution in [3.63, 3.8) is 0 Å². The number of benzene rings is 4. The molecule has 1 heterocycles. The molecule has 1 saturated carbocycles. The largest absolute Gasteiger partial charge is 0.484 e. The first-order valence-electron chi connectivity index (χ1n) is 12.6. The van der Waals surface area contributed by atoms with Crippen LogP contribution in [0.25, 0.3) is 33.3 Å². The van der Waals surface area contributed by atoms with Crippen LogP contribution in [0.15, 0.2) is 89.3 Å². The third-order valence-electron chi connectivity index (χ3n) is 6.99. The number of carbonyl (C=O) groups is 1. The molecule has 0 radical (unpaired) electrons. The molecule has 4 aromatic carbocycles. The van der Waals surface area contributed by atoms with Gasteiger partial charge in [0.1, 0.15) is 11.3 Å². The molecule has 180 valence electrons. The maximum atomic E-state index is 12.5. The third kappa shape index (κ3) is 4.82. The Bertz CT molecular complexity index is 1510. The van der Waals surface area contributed by atoms with Gasteiger partial charge in [-0.05, 0) is 77.6 Å². The van der Waals surface area contributed by atoms with Gasteiger partial charge in [-0.15, -0.1) is 0 Å². The standard InChI is InChI=1S/C31H28N2O3/c34-30(20-35-27-15-12-23(13-16-27)21-6-2-1-3-7-21)32-26-14-17-29-28(19-26)33-31(36-29)25-11-10-22-8-4-5-9-24(22)18-25/h4-5,8-19,21H,1-3,6-7,20H2,(H,32,34). The van der Waals surface area contributed by atoms with Gasteiger partial charge < -0.3 is 14.5 Å². The topological polar surface area (TPSA) is 64.4 Å². The first kappa shape index (κ1) is 22.4. The summed E-state index contributed by atoms with van der Waals surface area (Å²) in [6, 6.07) is 28.0. The number of nitrogens with zero attached hydrogens (tertiary/aromatic N) is 1. The lowest BCUT2D eigenvalue weighted by atomic mass is 9.84. The number of carbonyl (C=O) groups excluding carboxylic acids is 1. The smallest absolute Gasteiger partial charge is 0.262 e. The van der Waals surface area contributed by atoms with E-state index in [1.54, 1.807) is 0 Å². The summed E-state index contributed by atoms with van der Waals surface area (Å²) in [6.45, 7) is -0.0536. The minimum Gasteiger partial charge on any atom is -0.484 e. The highest BCUT2D eigenvalue weighted by molar-refractivity contribution is 5.94. The molecule has 0 spiro atoms. The SMILES string of the molecule is O=C(COc1ccc(C2CCCCC2)cc1)Nc1ccc2oc(-c3ccc4ccccc4c3)nc2c1. The van der Waals surface area contributed by atoms with Gasteiger partial charge in [0.05, 0.1) is 0 Å². The molecule has 1 amide bonds. The molecule has 6 rings (SSSR count). The van der Waals surface area contributed by atoms with Crippen LogP contribution in [0.3, 0.4) is 0 Å². The fourth-order valence-electron chi connectivity index (χ4n) is 5.07. The first-order valence-corrected chi connectivity index (χ1v) is 12.6. The van der Waals surface area contributed by atoms with Crippen molar-refractivity contribution < 1.29 is 13.9 Å². The molecule has 1 N–H and O–H groups in total. The number of hydrogen-bond donors (Lipinski definition) is 1. The van der Waals surface area contributed by atoms with Crippen LogP contribution in [0.4, 0.5) is 5.69 Å². The second-order valence-electron chi connectivity index (χ2n) is 9.50. The van der Waals surface area contributed by atoms with E-state index in [2.05, 4.69) is 46.7 Å². The Labute approximate surface area is 210 Å². The number of anilines is 1. The van der Waals surface area contributed by atoms with E-state index in [9.17, 15) is 4.79 Å². The maximum absolute atomic E-state index is 12.5. The normalized spacial score (nSPS) is 14.2. The molecule has 1 aromatic heterocycles. The van der Waals surface area contributed by atoms with E-state index < -0.39 is 0 Å². The van der Waals surface area contributed by atoms with Crippen LogP contribution < -0.4 is 10.1 Å². The molecule has 1 aliphatic rings. The van der Waals surface area contributed by atoms with Crippen LogP contribution in [0, 0.1) is 0 Å². The number of fused-ring (bicyclic) bond motifs is 2. The number of amides is 1. The molecule has 1 fully saturated rings. The Balaban J connectivity index is 1.09. The molecule has 0 aliphatic heterocycles. The number of aromatic nitrogens is 1. The van der Waals surface area contributed by atoms with Crippen LogP contribution in [0.2, 0.25) is 0 Å². The summed E-state index contributed by atoms with van der Waals surface area (Å²) < 4.78 is 11.7. The Morgan fingerprint density at radius 1 is 0.889 bits per heavy atom. The predicted molar refractivity (Wildman–Crippen MR) is 143 cm³/mol. The fourth-order valence-corrected chi connectivity index (χ4v) is 5.07. The van der Waals surface area contributed by atoms with Gasteiger partial charge in [-0.3, -0.25) is 4.79 Å². The second kappa shape index (κ2) is 9.86. The lowest BCUT2D eigenvalue weighted by molar-refractivity contribution is -0.118. The molecule has 1 aliphatic carbocycles. The summed E-state index contributed by atoms with van der Waals surface area (Å²) in [6.07, 6.45) is 6.51. The average Bonchev–Trinajstić information content (AvgIpc) is 3.36. The summed E-state index contributed by atoms with van der Waals surface area (Å²) in [4.78, 5) is 17.2. The van der Waals surface area contributed by atoms with Gasteiger partial charge in [-0.2, -0.15) is 0 Å². The Morgan fingerprint density at radius 3 is 2.53 bits per heavy atom. The molecule has 0 saturated heterocycles. The van der Waals surface area contributed by atoms with Gasteiger partial charge in [-0.1, -0.05) is 61.7 Å². The summed E-state index contributed by atoms with van der Waals surface area (Å²) in [5, 5.41) is 5.20. The van der Waals surface area contributed by atoms with E-state index in [1.807, 2.05) is 48.5 Å². The van der Waals surface area contributed by atoms with Gasteiger partial charge in [0.2, 0.25) is 5.89 Å². The highest BCUT2D eigenvalue weighted by Crippen LogP contribution is 2.33. The van der Waals surface area contributed by atoms with E-state index in [1.165, 1.54) is 43.1 Å². The third-order valence-corrected chi connectivity index (χ3v) is 6.99. The van der Waals surface area contributed by atoms with E-state index in [-0.39, 0.29) is 12.5 Å². The van der Waals surface area contributed by atoms with Crippen LogP contribution in [-0.2, 0) is 4.79 Å². The van der Waals surface area contributed by atoms with Crippen molar-refractivity contribution in [2.75, 3.05) is 11.9 Å². The highest BCUT2D eigenvalue weighted by atomic mass is 16.5. The van der Waals surface area contributed by atoms with Gasteiger partial charge in [0.25, 0.3) is 5.91 Å². The van der Waals surface area contributed by atoms with Gasteiger partial charge >= 0.3 is 0 Å². The van der Waals surface area contributed by atoms with Crippen molar-refractivity contribution in [1.82, 2.24) is 4.98 Å². The maximum Gasteiger partial charge on any atom is 0.262 e. The number of hydrogen-bond acceptors (Lipinski definition) is 4. The minimum atomic E-state index is -0.219. The number of oxazole rings is 1. The number of ether oxygens (including phenoxy) is 1. The minimum absolute atomic E-state index is 0.0536. The first-order chi connectivity index (χ1) is 17.7. The fraction of sp³-hybridized carbons (Fsp3) is 0.226. The Hall–Kier alpha value is -4.12. The van der Waals surface area contributed by atoms with Gasteiger partial charge in [0, 0.05) is 11.3 Å². The van der Waals surface area contributed by atoms with Gasteiger partial charge in [-0.25, -0.2) is 4.98 Å². The number of nitrogens with one attached hydrogen (secondary N) is 1. The molecule has 5 heteroatoms. The zero-order chi connectivity index (χ0) is 24.3. The Kier molecular flexibility index (Phi) is 6.12. The van der Waals surface area contributed by atoms with Gasteiger partial charge in [0.15, 0.2) is 12.2 Å². The van der Waals surface area contributed by atoms with Crippen molar-refractivity contribution in [3.05, 3.63) is 90.5 Å². The zero-order valence-electron chi connectivity index (χ0n) is 20.1. The monoisotopic (exact) mass is 476 g/mol. The van der Waals surface area contributed by atoms with Crippen molar-refractivity contribution >= 4 is 33.5 Å². The molecule has 5 aromatic rings. The van der Waals surface area contributed by atoms with Crippen LogP contribution in [0.1, 0.15) is 43.6 Å². The lowest BCUT2D eigenvalue weighted by Crippen LogP contribution is -2.20. The zero-order valence-corrected chi connectivity index (χ0v) is 20.1. The van der Waals surface area contributed by atoms with E-state index >= 15 is 0 Å². The van der Waals surface area contributed by atoms with E-state index in [0.29, 0.717) is 34.3 Å². The van der Waals surface area contributed by atoms with Crippen molar-refractivity contribution in [3.8, 4) is 17.2 Å². The molecular formula is C31H28N2O3. The summed E-state index contributed by atoms with van der Waals surface area (Å²) in [5.41, 5.74) is 4.30. The van der Waals surface area contributed by atoms with Crippen molar-refractivity contribution in [2.45, 2.75) is 38.0 Å². The quantitative estimate of drug-likeness (QED) is 0.273. The second-order valence-corrected chi connectivity index (χ2v) is 9.50. The lowest BCUT2D eigenvalue weighted by Gasteiger charge is -2.22. The van der Waals surface area contributed by atoms with Crippen molar-refractivity contribution in [1.29, 1.82) is 0 Å². The average molecular weight is 477 g/mol. The molecule has 0 atom stereocenters. The van der Waals surface area contributed by atoms with Crippen molar-refractivity contribution in [2.24, 2.45) is 0 Å². The van der Waals surface area contributed by atoms with Crippen LogP contribution >= 0.6 is 0 Å². The summed E-state index contributed by atoms with van der Waals surface area (Å²) in [5.74, 6) is 1.70. The number of rotatable bonds is 6. The molecule has 5 nitrogen and oxygen atoms in total. The Morgan fingerprint density at radius 2 is 1.69 bits per heavy atom. The van der Waals surface area contributed by atoms with Crippen LogP contribution in [-0.4, -0.2) is 17.5 Å². The van der Waals surface area contributed by atoms with E-state index in [0.717, 1.165) is 10.9 Å². The summed E-state index contributed by atoms with van der Waals surface area (Å²) in [7, 11) is 0. The molecular weight excluding hydrogens is 448 g/mol. The van der Waals surface area contributed by atoms with Crippen LogP contribution in [0.5, 0.6) is 5.75 Å². The highest BCUT2D eigenvalue weighted by Gasteiger charge is 2.15. The molecule has 36 heavy (non-hydrogen) atoms. The van der Waals surface area contributed by atoms with E-state index in [4.69, 9.17) is 9.15 Å². The molecule has 0 unspecified atom stereocenters. The summed E-state index contributed by atoms with van der Waals surface area (Å²) >= 11 is 0.